The van der Waals surface area contributed by atoms with Crippen molar-refractivity contribution in [2.75, 3.05) is 13.7 Å². The van der Waals surface area contributed by atoms with Gasteiger partial charge in [-0.25, -0.2) is 0 Å². The molecule has 8 heteroatoms. The lowest BCUT2D eigenvalue weighted by Gasteiger charge is -2.39. The van der Waals surface area contributed by atoms with Crippen LogP contribution in [0.4, 0.5) is 0 Å². The van der Waals surface area contributed by atoms with Crippen LogP contribution >= 0.6 is 0 Å². The van der Waals surface area contributed by atoms with Crippen molar-refractivity contribution >= 4 is 5.97 Å². The molecule has 31 heavy (non-hydrogen) atoms. The predicted molar refractivity (Wildman–Crippen MR) is 109 cm³/mol. The zero-order valence-corrected chi connectivity index (χ0v) is 17.0. The van der Waals surface area contributed by atoms with Gasteiger partial charge in [0.25, 0.3) is 0 Å². The first-order valence-corrected chi connectivity index (χ1v) is 10.2. The van der Waals surface area contributed by atoms with Crippen LogP contribution in [-0.4, -0.2) is 70.8 Å². The summed E-state index contributed by atoms with van der Waals surface area (Å²) in [7, 11) is 1.41. The number of ether oxygens (including phenoxy) is 3. The zero-order chi connectivity index (χ0) is 22.2. The molecule has 0 radical (unpaired) electrons. The van der Waals surface area contributed by atoms with E-state index in [2.05, 4.69) is 0 Å². The minimum atomic E-state index is -1.49. The lowest BCUT2D eigenvalue weighted by molar-refractivity contribution is -0.277. The van der Waals surface area contributed by atoms with Crippen LogP contribution in [0.1, 0.15) is 18.4 Å². The van der Waals surface area contributed by atoms with Crippen LogP contribution in [0.5, 0.6) is 5.75 Å². The van der Waals surface area contributed by atoms with E-state index < -0.39 is 42.7 Å². The summed E-state index contributed by atoms with van der Waals surface area (Å²) in [6.07, 6.45) is -5.05. The summed E-state index contributed by atoms with van der Waals surface area (Å²) < 4.78 is 15.9. The molecule has 1 aliphatic heterocycles. The second-order valence-corrected chi connectivity index (χ2v) is 7.99. The number of benzene rings is 2. The molecule has 2 aromatic carbocycles. The molecule has 166 valence electrons. The number of aliphatic hydroxyl groups is 4. The van der Waals surface area contributed by atoms with Crippen LogP contribution in [0.3, 0.4) is 0 Å². The summed E-state index contributed by atoms with van der Waals surface area (Å²) in [4.78, 5) is 12.0. The molecule has 0 unspecified atom stereocenters. The fourth-order valence-corrected chi connectivity index (χ4v) is 3.94. The van der Waals surface area contributed by atoms with Crippen LogP contribution in [0, 0.1) is 0 Å². The molecule has 0 bridgehead atoms. The van der Waals surface area contributed by atoms with Crippen molar-refractivity contribution in [1.29, 1.82) is 0 Å². The summed E-state index contributed by atoms with van der Waals surface area (Å²) in [5, 5.41) is 39.1. The lowest BCUT2D eigenvalue weighted by Crippen LogP contribution is -2.60. The molecular weight excluding hydrogens is 404 g/mol. The maximum Gasteiger partial charge on any atom is 0.316 e. The molecule has 0 amide bonds. The average Bonchev–Trinajstić information content (AvgIpc) is 3.61. The third kappa shape index (κ3) is 4.05. The Kier molecular flexibility index (Phi) is 6.00. The van der Waals surface area contributed by atoms with Gasteiger partial charge in [0.15, 0.2) is 0 Å². The number of carbonyl (C=O) groups excluding carboxylic acids is 1. The molecule has 2 aromatic rings. The molecule has 4 rings (SSSR count). The van der Waals surface area contributed by atoms with Crippen LogP contribution in [0.15, 0.2) is 48.5 Å². The van der Waals surface area contributed by atoms with Crippen molar-refractivity contribution in [2.45, 2.75) is 49.0 Å². The van der Waals surface area contributed by atoms with Crippen molar-refractivity contribution in [2.24, 2.45) is 0 Å². The molecule has 4 N–H and O–H groups in total. The first-order valence-electron chi connectivity index (χ1n) is 10.2. The molecule has 5 atom stereocenters. The molecule has 2 fully saturated rings. The number of rotatable bonds is 6. The molecule has 0 spiro atoms. The second kappa shape index (κ2) is 8.57. The van der Waals surface area contributed by atoms with Crippen molar-refractivity contribution in [3.05, 3.63) is 54.1 Å². The smallest absolute Gasteiger partial charge is 0.316 e. The molecule has 1 saturated heterocycles. The molecule has 1 saturated carbocycles. The van der Waals surface area contributed by atoms with Gasteiger partial charge in [-0.05, 0) is 41.7 Å². The largest absolute Gasteiger partial charge is 0.468 e. The fraction of sp³-hybridized carbons (Fsp3) is 0.435. The van der Waals surface area contributed by atoms with Gasteiger partial charge in [-0.1, -0.05) is 36.4 Å². The van der Waals surface area contributed by atoms with E-state index in [1.807, 2.05) is 36.4 Å². The van der Waals surface area contributed by atoms with Crippen LogP contribution in [0.25, 0.3) is 11.1 Å². The number of aliphatic hydroxyl groups excluding tert-OH is 4. The topological polar surface area (TPSA) is 126 Å². The Bertz CT molecular complexity index is 904. The summed E-state index contributed by atoms with van der Waals surface area (Å²) in [6.45, 7) is -0.517. The second-order valence-electron chi connectivity index (χ2n) is 7.99. The minimum absolute atomic E-state index is 0.199. The van der Waals surface area contributed by atoms with Crippen molar-refractivity contribution in [1.82, 2.24) is 0 Å². The SMILES string of the molecule is COC(=O)C1(c2ccc(-c3ccc(O[C@H]4O[C@H](CO)[C@@H](O)[C@H](O)[C@@H]4O)cc3)cc2)CC1. The van der Waals surface area contributed by atoms with E-state index in [9.17, 15) is 25.2 Å². The Morgan fingerprint density at radius 2 is 1.55 bits per heavy atom. The lowest BCUT2D eigenvalue weighted by atomic mass is 9.94. The molecular formula is C23H26O8. The summed E-state index contributed by atoms with van der Waals surface area (Å²) in [5.74, 6) is 0.197. The number of methoxy groups -OCH3 is 1. The highest BCUT2D eigenvalue weighted by atomic mass is 16.7. The van der Waals surface area contributed by atoms with Gasteiger partial charge in [0.1, 0.15) is 30.2 Å². The highest BCUT2D eigenvalue weighted by Gasteiger charge is 2.52. The third-order valence-electron chi connectivity index (χ3n) is 6.05. The Hall–Kier alpha value is -2.49. The van der Waals surface area contributed by atoms with E-state index in [-0.39, 0.29) is 5.97 Å². The van der Waals surface area contributed by atoms with Gasteiger partial charge < -0.3 is 34.6 Å². The number of hydrogen-bond acceptors (Lipinski definition) is 8. The minimum Gasteiger partial charge on any atom is -0.468 e. The number of carbonyl (C=O) groups is 1. The molecule has 0 aromatic heterocycles. The van der Waals surface area contributed by atoms with E-state index in [4.69, 9.17) is 14.2 Å². The van der Waals surface area contributed by atoms with Gasteiger partial charge >= 0.3 is 5.97 Å². The number of hydrogen-bond donors (Lipinski definition) is 4. The molecule has 1 heterocycles. The van der Waals surface area contributed by atoms with E-state index in [0.29, 0.717) is 5.75 Å². The van der Waals surface area contributed by atoms with Gasteiger partial charge in [-0.15, -0.1) is 0 Å². The number of esters is 1. The highest BCUT2D eigenvalue weighted by molar-refractivity contribution is 5.86. The Morgan fingerprint density at radius 1 is 0.968 bits per heavy atom. The van der Waals surface area contributed by atoms with Crippen molar-refractivity contribution < 1.29 is 39.4 Å². The van der Waals surface area contributed by atoms with E-state index in [1.54, 1.807) is 12.1 Å². The predicted octanol–water partition coefficient (Wildman–Crippen LogP) is 0.737. The molecule has 8 nitrogen and oxygen atoms in total. The molecule has 1 aliphatic carbocycles. The van der Waals surface area contributed by atoms with Gasteiger partial charge in [0, 0.05) is 0 Å². The van der Waals surface area contributed by atoms with E-state index in [1.165, 1.54) is 7.11 Å². The molecule has 2 aliphatic rings. The summed E-state index contributed by atoms with van der Waals surface area (Å²) >= 11 is 0. The Labute approximate surface area is 179 Å². The first-order chi connectivity index (χ1) is 14.9. The van der Waals surface area contributed by atoms with Gasteiger partial charge in [0.2, 0.25) is 6.29 Å². The van der Waals surface area contributed by atoms with E-state index in [0.717, 1.165) is 29.5 Å². The standard InChI is InChI=1S/C23H26O8/c1-29-22(28)23(10-11-23)15-6-2-13(3-7-15)14-4-8-16(9-5-14)30-21-20(27)19(26)18(25)17(12-24)31-21/h2-9,17-21,24-27H,10-12H2,1H3/t17-,18-,19+,20+,21+/m1/s1. The van der Waals surface area contributed by atoms with Crippen LogP contribution < -0.4 is 4.74 Å². The summed E-state index contributed by atoms with van der Waals surface area (Å²) in [6, 6.07) is 14.8. The van der Waals surface area contributed by atoms with Gasteiger partial charge in [-0.3, -0.25) is 4.79 Å². The zero-order valence-electron chi connectivity index (χ0n) is 17.0. The van der Waals surface area contributed by atoms with Crippen molar-refractivity contribution in [3.8, 4) is 16.9 Å². The quantitative estimate of drug-likeness (QED) is 0.495. The maximum absolute atomic E-state index is 12.0. The fourth-order valence-electron chi connectivity index (χ4n) is 3.94. The Balaban J connectivity index is 1.44. The van der Waals surface area contributed by atoms with Gasteiger partial charge in [0.05, 0.1) is 19.1 Å². The van der Waals surface area contributed by atoms with Crippen LogP contribution in [0.2, 0.25) is 0 Å². The normalized spacial score (nSPS) is 29.3. The average molecular weight is 430 g/mol. The van der Waals surface area contributed by atoms with Gasteiger partial charge in [-0.2, -0.15) is 0 Å². The maximum atomic E-state index is 12.0. The Morgan fingerprint density at radius 3 is 2.06 bits per heavy atom. The first kappa shape index (κ1) is 21.7. The monoisotopic (exact) mass is 430 g/mol. The highest BCUT2D eigenvalue weighted by Crippen LogP contribution is 2.49. The van der Waals surface area contributed by atoms with Crippen LogP contribution in [-0.2, 0) is 19.7 Å². The van der Waals surface area contributed by atoms with Crippen molar-refractivity contribution in [3.63, 3.8) is 0 Å². The third-order valence-corrected chi connectivity index (χ3v) is 6.05. The van der Waals surface area contributed by atoms with E-state index >= 15 is 0 Å². The summed E-state index contributed by atoms with van der Waals surface area (Å²) in [5.41, 5.74) is 2.33.